The SMILES string of the molecule is Cc1ccc(F)c(C[C@@H](C)N)c1F. The fraction of sp³-hybridized carbons (Fsp3) is 0.400. The molecular weight excluding hydrogens is 172 g/mol. The van der Waals surface area contributed by atoms with E-state index in [4.69, 9.17) is 5.73 Å². The van der Waals surface area contributed by atoms with Gasteiger partial charge in [-0.1, -0.05) is 6.07 Å². The molecule has 0 unspecified atom stereocenters. The largest absolute Gasteiger partial charge is 0.328 e. The number of nitrogens with two attached hydrogens (primary N) is 1. The molecule has 1 aromatic carbocycles. The van der Waals surface area contributed by atoms with Gasteiger partial charge in [-0.3, -0.25) is 0 Å². The van der Waals surface area contributed by atoms with E-state index in [1.807, 2.05) is 0 Å². The molecule has 0 aliphatic heterocycles. The smallest absolute Gasteiger partial charge is 0.132 e. The molecule has 0 radical (unpaired) electrons. The van der Waals surface area contributed by atoms with Gasteiger partial charge in [0.1, 0.15) is 11.6 Å². The van der Waals surface area contributed by atoms with Gasteiger partial charge < -0.3 is 5.73 Å². The second-order valence-corrected chi connectivity index (χ2v) is 3.34. The van der Waals surface area contributed by atoms with Gasteiger partial charge in [0.05, 0.1) is 0 Å². The zero-order valence-electron chi connectivity index (χ0n) is 7.77. The van der Waals surface area contributed by atoms with Gasteiger partial charge in [-0.2, -0.15) is 0 Å². The summed E-state index contributed by atoms with van der Waals surface area (Å²) >= 11 is 0. The molecule has 0 saturated heterocycles. The molecule has 0 saturated carbocycles. The summed E-state index contributed by atoms with van der Waals surface area (Å²) in [6.07, 6.45) is 0.235. The average molecular weight is 185 g/mol. The van der Waals surface area contributed by atoms with Crippen molar-refractivity contribution in [3.63, 3.8) is 0 Å². The number of rotatable bonds is 2. The van der Waals surface area contributed by atoms with Crippen LogP contribution < -0.4 is 5.73 Å². The summed E-state index contributed by atoms with van der Waals surface area (Å²) in [6, 6.07) is 2.47. The van der Waals surface area contributed by atoms with Crippen LogP contribution >= 0.6 is 0 Å². The van der Waals surface area contributed by atoms with E-state index in [-0.39, 0.29) is 18.0 Å². The Hall–Kier alpha value is -0.960. The van der Waals surface area contributed by atoms with Crippen molar-refractivity contribution in [3.8, 4) is 0 Å². The molecule has 1 atom stereocenters. The van der Waals surface area contributed by atoms with Crippen LogP contribution in [0.15, 0.2) is 12.1 Å². The molecule has 0 fully saturated rings. The highest BCUT2D eigenvalue weighted by Crippen LogP contribution is 2.17. The molecule has 0 aliphatic rings. The fourth-order valence-electron chi connectivity index (χ4n) is 1.22. The summed E-state index contributed by atoms with van der Waals surface area (Å²) in [4.78, 5) is 0. The van der Waals surface area contributed by atoms with Crippen LogP contribution in [0.4, 0.5) is 8.78 Å². The van der Waals surface area contributed by atoms with Crippen molar-refractivity contribution in [2.45, 2.75) is 26.3 Å². The second-order valence-electron chi connectivity index (χ2n) is 3.34. The molecule has 0 aromatic heterocycles. The molecule has 72 valence electrons. The maximum Gasteiger partial charge on any atom is 0.132 e. The first-order valence-corrected chi connectivity index (χ1v) is 4.21. The molecule has 0 spiro atoms. The molecule has 0 aliphatic carbocycles. The van der Waals surface area contributed by atoms with Gasteiger partial charge in [0.15, 0.2) is 0 Å². The molecule has 0 bridgehead atoms. The summed E-state index contributed by atoms with van der Waals surface area (Å²) in [7, 11) is 0. The second kappa shape index (κ2) is 3.83. The van der Waals surface area contributed by atoms with Crippen LogP contribution in [0.25, 0.3) is 0 Å². The minimum atomic E-state index is -0.514. The van der Waals surface area contributed by atoms with Crippen LogP contribution in [0, 0.1) is 18.6 Å². The van der Waals surface area contributed by atoms with Gasteiger partial charge in [0.2, 0.25) is 0 Å². The maximum absolute atomic E-state index is 13.3. The Bertz CT molecular complexity index is 308. The highest BCUT2D eigenvalue weighted by Gasteiger charge is 2.12. The van der Waals surface area contributed by atoms with Gasteiger partial charge in [-0.05, 0) is 31.9 Å². The van der Waals surface area contributed by atoms with E-state index in [1.165, 1.54) is 12.1 Å². The Labute approximate surface area is 76.6 Å². The minimum absolute atomic E-state index is 0.0926. The summed E-state index contributed by atoms with van der Waals surface area (Å²) in [5, 5.41) is 0. The average Bonchev–Trinajstić information content (AvgIpc) is 2.05. The van der Waals surface area contributed by atoms with Crippen LogP contribution in [-0.4, -0.2) is 6.04 Å². The van der Waals surface area contributed by atoms with Crippen molar-refractivity contribution in [1.82, 2.24) is 0 Å². The fourth-order valence-corrected chi connectivity index (χ4v) is 1.22. The van der Waals surface area contributed by atoms with Gasteiger partial charge in [-0.25, -0.2) is 8.78 Å². The van der Waals surface area contributed by atoms with Crippen molar-refractivity contribution >= 4 is 0 Å². The highest BCUT2D eigenvalue weighted by molar-refractivity contribution is 5.27. The number of benzene rings is 1. The lowest BCUT2D eigenvalue weighted by molar-refractivity contribution is 0.537. The Balaban J connectivity index is 3.10. The Morgan fingerprint density at radius 2 is 2.00 bits per heavy atom. The van der Waals surface area contributed by atoms with Crippen LogP contribution in [0.3, 0.4) is 0 Å². The van der Waals surface area contributed by atoms with Gasteiger partial charge in [-0.15, -0.1) is 0 Å². The van der Waals surface area contributed by atoms with Crippen LogP contribution in [-0.2, 0) is 6.42 Å². The van der Waals surface area contributed by atoms with E-state index >= 15 is 0 Å². The molecule has 13 heavy (non-hydrogen) atoms. The van der Waals surface area contributed by atoms with E-state index in [9.17, 15) is 8.78 Å². The first kappa shape index (κ1) is 10.1. The Morgan fingerprint density at radius 1 is 1.38 bits per heavy atom. The lowest BCUT2D eigenvalue weighted by atomic mass is 10.0. The monoisotopic (exact) mass is 185 g/mol. The van der Waals surface area contributed by atoms with E-state index in [0.717, 1.165) is 0 Å². The minimum Gasteiger partial charge on any atom is -0.328 e. The van der Waals surface area contributed by atoms with Crippen LogP contribution in [0.5, 0.6) is 0 Å². The summed E-state index contributed by atoms with van der Waals surface area (Å²) in [5.74, 6) is -0.988. The normalized spacial score (nSPS) is 13.0. The molecule has 0 amide bonds. The van der Waals surface area contributed by atoms with Crippen LogP contribution in [0.1, 0.15) is 18.1 Å². The topological polar surface area (TPSA) is 26.0 Å². The zero-order valence-corrected chi connectivity index (χ0v) is 7.77. The molecule has 2 N–H and O–H groups in total. The third-order valence-electron chi connectivity index (χ3n) is 1.91. The first-order valence-electron chi connectivity index (χ1n) is 4.21. The third-order valence-corrected chi connectivity index (χ3v) is 1.91. The van der Waals surface area contributed by atoms with Gasteiger partial charge in [0.25, 0.3) is 0 Å². The highest BCUT2D eigenvalue weighted by atomic mass is 19.1. The predicted molar refractivity (Wildman–Crippen MR) is 48.4 cm³/mol. The van der Waals surface area contributed by atoms with Crippen molar-refractivity contribution in [2.75, 3.05) is 0 Å². The molecule has 1 aromatic rings. The number of hydrogen-bond acceptors (Lipinski definition) is 1. The number of hydrogen-bond donors (Lipinski definition) is 1. The molecule has 3 heteroatoms. The molecular formula is C10H13F2N. The standard InChI is InChI=1S/C10H13F2N/c1-6-3-4-9(11)8(10(6)12)5-7(2)13/h3-4,7H,5,13H2,1-2H3/t7-/m1/s1. The van der Waals surface area contributed by atoms with Crippen molar-refractivity contribution in [2.24, 2.45) is 5.73 Å². The quantitative estimate of drug-likeness (QED) is 0.750. The van der Waals surface area contributed by atoms with E-state index < -0.39 is 11.6 Å². The van der Waals surface area contributed by atoms with Crippen molar-refractivity contribution < 1.29 is 8.78 Å². The number of halogens is 2. The van der Waals surface area contributed by atoms with Gasteiger partial charge in [0, 0.05) is 11.6 Å². The lowest BCUT2D eigenvalue weighted by Crippen LogP contribution is -2.19. The first-order chi connectivity index (χ1) is 6.02. The lowest BCUT2D eigenvalue weighted by Gasteiger charge is -2.09. The van der Waals surface area contributed by atoms with Gasteiger partial charge >= 0.3 is 0 Å². The van der Waals surface area contributed by atoms with E-state index in [1.54, 1.807) is 13.8 Å². The third kappa shape index (κ3) is 2.25. The Kier molecular flexibility index (Phi) is 2.98. The van der Waals surface area contributed by atoms with Crippen molar-refractivity contribution in [3.05, 3.63) is 34.9 Å². The van der Waals surface area contributed by atoms with Crippen LogP contribution in [0.2, 0.25) is 0 Å². The number of aryl methyl sites for hydroxylation is 1. The molecule has 1 rings (SSSR count). The summed E-state index contributed by atoms with van der Waals surface area (Å²) in [6.45, 7) is 3.33. The maximum atomic E-state index is 13.3. The van der Waals surface area contributed by atoms with E-state index in [0.29, 0.717) is 5.56 Å². The summed E-state index contributed by atoms with van der Waals surface area (Å²) < 4.78 is 26.4. The molecule has 0 heterocycles. The summed E-state index contributed by atoms with van der Waals surface area (Å²) in [5.41, 5.74) is 6.03. The van der Waals surface area contributed by atoms with Crippen molar-refractivity contribution in [1.29, 1.82) is 0 Å². The Morgan fingerprint density at radius 3 is 2.54 bits per heavy atom. The van der Waals surface area contributed by atoms with E-state index in [2.05, 4.69) is 0 Å². The predicted octanol–water partition coefficient (Wildman–Crippen LogP) is 2.16. The zero-order chi connectivity index (χ0) is 10.0. The molecule has 1 nitrogen and oxygen atoms in total.